The number of rotatable bonds is 7. The van der Waals surface area contributed by atoms with Gasteiger partial charge in [0.15, 0.2) is 8.32 Å². The van der Waals surface area contributed by atoms with Crippen LogP contribution in [0.3, 0.4) is 0 Å². The van der Waals surface area contributed by atoms with E-state index in [4.69, 9.17) is 9.16 Å². The van der Waals surface area contributed by atoms with Crippen LogP contribution in [0, 0.1) is 0 Å². The molecule has 10 heteroatoms. The molecule has 9 nitrogen and oxygen atoms in total. The van der Waals surface area contributed by atoms with Gasteiger partial charge in [-0.25, -0.2) is 4.79 Å². The largest absolute Gasteiger partial charge is 0.444 e. The lowest BCUT2D eigenvalue weighted by molar-refractivity contribution is -0.136. The number of hydrogen-bond donors (Lipinski definition) is 4. The molecule has 0 aromatic carbocycles. The Labute approximate surface area is 206 Å². The van der Waals surface area contributed by atoms with Crippen LogP contribution in [-0.4, -0.2) is 79.5 Å². The molecule has 1 fully saturated rings. The molecular formula is C24H46N4O5Si. The first kappa shape index (κ1) is 28.6. The zero-order valence-corrected chi connectivity index (χ0v) is 23.4. The Morgan fingerprint density at radius 1 is 1.26 bits per heavy atom. The Balaban J connectivity index is 2.30. The highest BCUT2D eigenvalue weighted by molar-refractivity contribution is 6.74. The van der Waals surface area contributed by atoms with Crippen LogP contribution in [-0.2, 0) is 14.0 Å². The van der Waals surface area contributed by atoms with Crippen LogP contribution in [0.15, 0.2) is 12.3 Å². The van der Waals surface area contributed by atoms with Crippen LogP contribution < -0.4 is 16.0 Å². The number of aliphatic hydroxyl groups is 1. The Bertz CT molecular complexity index is 761. The van der Waals surface area contributed by atoms with Gasteiger partial charge in [0.05, 0.1) is 24.9 Å². The summed E-state index contributed by atoms with van der Waals surface area (Å²) < 4.78 is 12.2. The minimum atomic E-state index is -2.12. The average Bonchev–Trinajstić information content (AvgIpc) is 3.15. The van der Waals surface area contributed by atoms with E-state index < -0.39 is 44.1 Å². The highest BCUT2D eigenvalue weighted by Gasteiger charge is 2.52. The van der Waals surface area contributed by atoms with E-state index in [-0.39, 0.29) is 17.3 Å². The van der Waals surface area contributed by atoms with Gasteiger partial charge in [0.2, 0.25) is 5.91 Å². The fourth-order valence-corrected chi connectivity index (χ4v) is 5.55. The lowest BCUT2D eigenvalue weighted by atomic mass is 9.94. The van der Waals surface area contributed by atoms with Crippen LogP contribution in [0.2, 0.25) is 18.1 Å². The van der Waals surface area contributed by atoms with Crippen LogP contribution in [0.25, 0.3) is 0 Å². The Morgan fingerprint density at radius 3 is 2.41 bits per heavy atom. The van der Waals surface area contributed by atoms with Crippen molar-refractivity contribution in [2.75, 3.05) is 19.7 Å². The molecule has 4 atom stereocenters. The summed E-state index contributed by atoms with van der Waals surface area (Å²) in [5.74, 6) is -0.396. The van der Waals surface area contributed by atoms with Gasteiger partial charge in [0, 0.05) is 13.1 Å². The Hall–Kier alpha value is -1.62. The molecule has 0 saturated carbocycles. The normalized spacial score (nSPS) is 25.5. The number of nitrogens with zero attached hydrogens (tertiary/aromatic N) is 1. The molecule has 1 saturated heterocycles. The van der Waals surface area contributed by atoms with Crippen molar-refractivity contribution in [3.63, 3.8) is 0 Å². The fourth-order valence-electron chi connectivity index (χ4n) is 4.12. The summed E-state index contributed by atoms with van der Waals surface area (Å²) in [6.45, 7) is 18.8. The van der Waals surface area contributed by atoms with Crippen molar-refractivity contribution in [1.29, 1.82) is 0 Å². The molecule has 2 rings (SSSR count). The van der Waals surface area contributed by atoms with Crippen molar-refractivity contribution in [3.05, 3.63) is 12.3 Å². The SMILES string of the molecule is CC(O[Si](C)(C)C(C)(C)C)C(NC(=O)C1(CO)CCCN1C(=O)OC(C)(C)C)C1NC=CCN1. The molecule has 2 heterocycles. The standard InChI is InChI=1S/C24H46N4O5Si/c1-17(33-34(8,9)23(5,6)7)18(19-25-13-11-14-26-19)27-20(30)24(16-29)12-10-15-28(24)21(31)32-22(2,3)4/h11,13,17-19,25-26,29H,10,12,14-16H2,1-9H3,(H,27,30). The number of carbonyl (C=O) groups is 2. The van der Waals surface area contributed by atoms with Crippen LogP contribution in [0.4, 0.5) is 4.79 Å². The molecule has 0 aliphatic carbocycles. The van der Waals surface area contributed by atoms with Crippen molar-refractivity contribution >= 4 is 20.3 Å². The maximum absolute atomic E-state index is 13.8. The first-order valence-electron chi connectivity index (χ1n) is 12.3. The number of nitrogens with one attached hydrogen (secondary N) is 3. The predicted molar refractivity (Wildman–Crippen MR) is 136 cm³/mol. The first-order valence-corrected chi connectivity index (χ1v) is 15.2. The van der Waals surface area contributed by atoms with Gasteiger partial charge in [0.1, 0.15) is 11.1 Å². The molecule has 0 aromatic heterocycles. The predicted octanol–water partition coefficient (Wildman–Crippen LogP) is 2.68. The molecule has 0 radical (unpaired) electrons. The zero-order valence-electron chi connectivity index (χ0n) is 22.4. The van der Waals surface area contributed by atoms with Crippen molar-refractivity contribution in [3.8, 4) is 0 Å². The lowest BCUT2D eigenvalue weighted by Gasteiger charge is -2.44. The lowest BCUT2D eigenvalue weighted by Crippen LogP contribution is -2.68. The van der Waals surface area contributed by atoms with E-state index in [1.165, 1.54) is 4.90 Å². The van der Waals surface area contributed by atoms with Crippen LogP contribution in [0.1, 0.15) is 61.3 Å². The zero-order chi connectivity index (χ0) is 25.9. The van der Waals surface area contributed by atoms with Crippen molar-refractivity contribution in [2.24, 2.45) is 0 Å². The highest BCUT2D eigenvalue weighted by Crippen LogP contribution is 2.38. The molecular weight excluding hydrogens is 452 g/mol. The third-order valence-electron chi connectivity index (χ3n) is 7.09. The van der Waals surface area contributed by atoms with E-state index in [0.717, 1.165) is 0 Å². The van der Waals surface area contributed by atoms with Gasteiger partial charge in [-0.3, -0.25) is 15.0 Å². The number of likely N-dealkylation sites (tertiary alicyclic amines) is 1. The Kier molecular flexibility index (Phi) is 8.88. The third-order valence-corrected chi connectivity index (χ3v) is 11.7. The quantitative estimate of drug-likeness (QED) is 0.399. The van der Waals surface area contributed by atoms with Gasteiger partial charge in [-0.05, 0) is 64.9 Å². The topological polar surface area (TPSA) is 112 Å². The van der Waals surface area contributed by atoms with E-state index in [2.05, 4.69) is 49.8 Å². The molecule has 0 bridgehead atoms. The monoisotopic (exact) mass is 498 g/mol. The van der Waals surface area contributed by atoms with Gasteiger partial charge in [-0.2, -0.15) is 0 Å². The van der Waals surface area contributed by atoms with E-state index in [9.17, 15) is 14.7 Å². The van der Waals surface area contributed by atoms with E-state index in [0.29, 0.717) is 25.9 Å². The van der Waals surface area contributed by atoms with Gasteiger partial charge < -0.3 is 24.9 Å². The summed E-state index contributed by atoms with van der Waals surface area (Å²) in [5, 5.41) is 20.2. The highest BCUT2D eigenvalue weighted by atomic mass is 28.4. The Morgan fingerprint density at radius 2 is 1.91 bits per heavy atom. The number of carbonyl (C=O) groups excluding carboxylic acids is 2. The molecule has 2 amide bonds. The van der Waals surface area contributed by atoms with Gasteiger partial charge in [-0.15, -0.1) is 0 Å². The summed E-state index contributed by atoms with van der Waals surface area (Å²) >= 11 is 0. The van der Waals surface area contributed by atoms with E-state index >= 15 is 0 Å². The molecule has 34 heavy (non-hydrogen) atoms. The van der Waals surface area contributed by atoms with Crippen molar-refractivity contribution in [1.82, 2.24) is 20.9 Å². The first-order chi connectivity index (χ1) is 15.5. The van der Waals surface area contributed by atoms with E-state index in [1.54, 1.807) is 20.8 Å². The van der Waals surface area contributed by atoms with Crippen molar-refractivity contribution < 1.29 is 23.9 Å². The summed E-state index contributed by atoms with van der Waals surface area (Å²) in [6, 6.07) is -0.434. The fraction of sp³-hybridized carbons (Fsp3) is 0.833. The molecule has 0 aromatic rings. The summed E-state index contributed by atoms with van der Waals surface area (Å²) in [5.41, 5.74) is -2.07. The second kappa shape index (κ2) is 10.6. The second-order valence-corrected chi connectivity index (χ2v) is 16.7. The summed E-state index contributed by atoms with van der Waals surface area (Å²) in [4.78, 5) is 28.1. The van der Waals surface area contributed by atoms with E-state index in [1.807, 2.05) is 19.2 Å². The van der Waals surface area contributed by atoms with Crippen LogP contribution >= 0.6 is 0 Å². The number of aliphatic hydroxyl groups excluding tert-OH is 1. The minimum absolute atomic E-state index is 0.00836. The third kappa shape index (κ3) is 6.53. The second-order valence-electron chi connectivity index (χ2n) is 12.0. The van der Waals surface area contributed by atoms with Gasteiger partial charge >= 0.3 is 6.09 Å². The van der Waals surface area contributed by atoms with Gasteiger partial charge in [0.25, 0.3) is 0 Å². The molecule has 2 aliphatic heterocycles. The molecule has 2 aliphatic rings. The van der Waals surface area contributed by atoms with Crippen molar-refractivity contribution in [2.45, 2.75) is 109 Å². The average molecular weight is 499 g/mol. The maximum Gasteiger partial charge on any atom is 0.411 e. The molecule has 4 N–H and O–H groups in total. The molecule has 4 unspecified atom stereocenters. The molecule has 0 spiro atoms. The molecule has 196 valence electrons. The maximum atomic E-state index is 13.8. The number of ether oxygens (including phenoxy) is 1. The minimum Gasteiger partial charge on any atom is -0.444 e. The smallest absolute Gasteiger partial charge is 0.411 e. The number of amides is 2. The number of hydrogen-bond acceptors (Lipinski definition) is 7. The van der Waals surface area contributed by atoms with Crippen LogP contribution in [0.5, 0.6) is 0 Å². The summed E-state index contributed by atoms with van der Waals surface area (Å²) in [7, 11) is -2.12. The van der Waals surface area contributed by atoms with Gasteiger partial charge in [-0.1, -0.05) is 26.8 Å². The summed E-state index contributed by atoms with van der Waals surface area (Å²) in [6.07, 6.45) is 3.64.